The molecule has 0 aliphatic heterocycles. The number of hydrogen-bond acceptors (Lipinski definition) is 5. The van der Waals surface area contributed by atoms with Crippen LogP contribution in [0.2, 0.25) is 0 Å². The van der Waals surface area contributed by atoms with Gasteiger partial charge in [-0.25, -0.2) is 4.98 Å². The van der Waals surface area contributed by atoms with Crippen LogP contribution < -0.4 is 10.3 Å². The van der Waals surface area contributed by atoms with Crippen LogP contribution >= 0.6 is 0 Å². The number of ether oxygens (including phenoxy) is 1. The minimum Gasteiger partial charge on any atom is -0.497 e. The summed E-state index contributed by atoms with van der Waals surface area (Å²) < 4.78 is 6.71. The van der Waals surface area contributed by atoms with Crippen molar-refractivity contribution in [3.05, 3.63) is 105 Å². The third kappa shape index (κ3) is 3.68. The molecule has 0 unspecified atom stereocenters. The second kappa shape index (κ2) is 8.00. The quantitative estimate of drug-likeness (QED) is 0.365. The number of nitro groups is 1. The summed E-state index contributed by atoms with van der Waals surface area (Å²) in [5, 5.41) is 11.5. The molecule has 1 heterocycles. The van der Waals surface area contributed by atoms with Crippen molar-refractivity contribution in [2.75, 3.05) is 7.11 Å². The number of benzene rings is 3. The summed E-state index contributed by atoms with van der Waals surface area (Å²) in [7, 11) is 1.58. The topological polar surface area (TPSA) is 87.3 Å². The second-order valence-corrected chi connectivity index (χ2v) is 6.51. The third-order valence-corrected chi connectivity index (χ3v) is 4.64. The fourth-order valence-electron chi connectivity index (χ4n) is 3.16. The van der Waals surface area contributed by atoms with E-state index in [1.54, 1.807) is 73.9 Å². The fraction of sp³-hybridized carbons (Fsp3) is 0.0435. The third-order valence-electron chi connectivity index (χ3n) is 4.64. The van der Waals surface area contributed by atoms with Crippen LogP contribution in [0.1, 0.15) is 11.4 Å². The van der Waals surface area contributed by atoms with Crippen molar-refractivity contribution in [3.63, 3.8) is 0 Å². The molecular formula is C23H17N3O4. The van der Waals surface area contributed by atoms with E-state index in [1.807, 2.05) is 6.07 Å². The van der Waals surface area contributed by atoms with E-state index in [9.17, 15) is 14.9 Å². The Bertz CT molecular complexity index is 1320. The summed E-state index contributed by atoms with van der Waals surface area (Å²) in [6, 6.07) is 20.5. The van der Waals surface area contributed by atoms with Gasteiger partial charge in [0.1, 0.15) is 11.6 Å². The molecule has 0 fully saturated rings. The molecule has 0 saturated heterocycles. The number of aromatic nitrogens is 2. The minimum absolute atomic E-state index is 0.00355. The van der Waals surface area contributed by atoms with Gasteiger partial charge in [0.2, 0.25) is 0 Å². The maximum absolute atomic E-state index is 13.2. The first-order valence-electron chi connectivity index (χ1n) is 9.15. The summed E-state index contributed by atoms with van der Waals surface area (Å²) in [4.78, 5) is 28.4. The van der Waals surface area contributed by atoms with E-state index < -0.39 is 4.92 Å². The molecule has 0 saturated carbocycles. The molecular weight excluding hydrogens is 382 g/mol. The molecule has 0 atom stereocenters. The first kappa shape index (κ1) is 19.1. The number of nitrogens with zero attached hydrogens (tertiary/aromatic N) is 3. The van der Waals surface area contributed by atoms with E-state index in [0.29, 0.717) is 33.7 Å². The highest BCUT2D eigenvalue weighted by Gasteiger charge is 2.11. The van der Waals surface area contributed by atoms with E-state index >= 15 is 0 Å². The van der Waals surface area contributed by atoms with Gasteiger partial charge in [-0.2, -0.15) is 0 Å². The fourth-order valence-corrected chi connectivity index (χ4v) is 3.16. The molecule has 4 rings (SSSR count). The molecule has 0 spiro atoms. The van der Waals surface area contributed by atoms with Gasteiger partial charge in [0.25, 0.3) is 11.2 Å². The summed E-state index contributed by atoms with van der Waals surface area (Å²) in [5.74, 6) is 1.09. The number of hydrogen-bond donors (Lipinski definition) is 0. The van der Waals surface area contributed by atoms with Crippen LogP contribution in [0.3, 0.4) is 0 Å². The first-order valence-corrected chi connectivity index (χ1v) is 9.15. The van der Waals surface area contributed by atoms with Gasteiger partial charge in [0, 0.05) is 12.1 Å². The molecule has 0 N–H and O–H groups in total. The molecule has 7 nitrogen and oxygen atoms in total. The van der Waals surface area contributed by atoms with Crippen molar-refractivity contribution < 1.29 is 9.66 Å². The summed E-state index contributed by atoms with van der Waals surface area (Å²) in [6.45, 7) is 0. The lowest BCUT2D eigenvalue weighted by Crippen LogP contribution is -2.22. The SMILES string of the molecule is COc1ccc(-n2c(/C=C\c3cccc([N+](=O)[O-])c3)nc3ccccc3c2=O)cc1. The molecule has 3 aromatic carbocycles. The Hall–Kier alpha value is -4.26. The van der Waals surface area contributed by atoms with Crippen molar-refractivity contribution in [1.29, 1.82) is 0 Å². The standard InChI is InChI=1S/C23H17N3O4/c1-30-19-12-10-17(11-13-19)25-22(24-21-8-3-2-7-20(21)23(25)27)14-9-16-5-4-6-18(15-16)26(28)29/h2-15H,1H3/b14-9-. The maximum Gasteiger partial charge on any atom is 0.270 e. The van der Waals surface area contributed by atoms with Crippen molar-refractivity contribution in [2.45, 2.75) is 0 Å². The molecule has 0 radical (unpaired) electrons. The summed E-state index contributed by atoms with van der Waals surface area (Å²) >= 11 is 0. The van der Waals surface area contributed by atoms with E-state index in [4.69, 9.17) is 4.74 Å². The predicted molar refractivity (Wildman–Crippen MR) is 116 cm³/mol. The lowest BCUT2D eigenvalue weighted by molar-refractivity contribution is -0.384. The Kier molecular flexibility index (Phi) is 5.09. The van der Waals surface area contributed by atoms with Crippen molar-refractivity contribution in [3.8, 4) is 11.4 Å². The largest absolute Gasteiger partial charge is 0.497 e. The van der Waals surface area contributed by atoms with Crippen LogP contribution in [0.5, 0.6) is 5.75 Å². The molecule has 148 valence electrons. The molecule has 4 aromatic rings. The Morgan fingerprint density at radius 1 is 1.00 bits per heavy atom. The highest BCUT2D eigenvalue weighted by Crippen LogP contribution is 2.19. The normalized spacial score (nSPS) is 11.1. The lowest BCUT2D eigenvalue weighted by atomic mass is 10.2. The number of para-hydroxylation sites is 1. The van der Waals surface area contributed by atoms with Crippen LogP contribution in [-0.4, -0.2) is 21.6 Å². The summed E-state index contributed by atoms with van der Waals surface area (Å²) in [5.41, 5.74) is 1.64. The molecule has 0 bridgehead atoms. The van der Waals surface area contributed by atoms with Gasteiger partial charge >= 0.3 is 0 Å². The predicted octanol–water partition coefficient (Wildman–Crippen LogP) is 4.47. The number of fused-ring (bicyclic) bond motifs is 1. The van der Waals surface area contributed by atoms with Crippen LogP contribution in [-0.2, 0) is 0 Å². The van der Waals surface area contributed by atoms with Crippen molar-refractivity contribution in [1.82, 2.24) is 9.55 Å². The second-order valence-electron chi connectivity index (χ2n) is 6.51. The average Bonchev–Trinajstić information content (AvgIpc) is 2.78. The molecule has 0 aliphatic rings. The lowest BCUT2D eigenvalue weighted by Gasteiger charge is -2.12. The van der Waals surface area contributed by atoms with Gasteiger partial charge in [-0.15, -0.1) is 0 Å². The van der Waals surface area contributed by atoms with Crippen LogP contribution in [0, 0.1) is 10.1 Å². The van der Waals surface area contributed by atoms with Gasteiger partial charge in [0.15, 0.2) is 0 Å². The Morgan fingerprint density at radius 2 is 1.77 bits per heavy atom. The zero-order valence-electron chi connectivity index (χ0n) is 16.1. The Morgan fingerprint density at radius 3 is 2.50 bits per heavy atom. The van der Waals surface area contributed by atoms with Gasteiger partial charge < -0.3 is 4.74 Å². The molecule has 1 aromatic heterocycles. The maximum atomic E-state index is 13.2. The van der Waals surface area contributed by atoms with E-state index in [-0.39, 0.29) is 11.2 Å². The van der Waals surface area contributed by atoms with E-state index in [0.717, 1.165) is 0 Å². The smallest absolute Gasteiger partial charge is 0.270 e. The van der Waals surface area contributed by atoms with Crippen LogP contribution in [0.15, 0.2) is 77.6 Å². The number of non-ortho nitro benzene ring substituents is 1. The van der Waals surface area contributed by atoms with Gasteiger partial charge in [-0.3, -0.25) is 19.5 Å². The van der Waals surface area contributed by atoms with E-state index in [2.05, 4.69) is 4.98 Å². The van der Waals surface area contributed by atoms with Crippen molar-refractivity contribution >= 4 is 28.7 Å². The highest BCUT2D eigenvalue weighted by atomic mass is 16.6. The molecule has 7 heteroatoms. The van der Waals surface area contributed by atoms with Gasteiger partial charge in [0.05, 0.1) is 28.6 Å². The molecule has 30 heavy (non-hydrogen) atoms. The Labute approximate surface area is 171 Å². The zero-order valence-corrected chi connectivity index (χ0v) is 16.1. The molecule has 0 amide bonds. The molecule has 0 aliphatic carbocycles. The van der Waals surface area contributed by atoms with Gasteiger partial charge in [-0.1, -0.05) is 30.3 Å². The first-order chi connectivity index (χ1) is 14.6. The zero-order chi connectivity index (χ0) is 21.1. The average molecular weight is 399 g/mol. The van der Waals surface area contributed by atoms with Crippen LogP contribution in [0.4, 0.5) is 5.69 Å². The van der Waals surface area contributed by atoms with E-state index in [1.165, 1.54) is 16.7 Å². The number of methoxy groups -OCH3 is 1. The van der Waals surface area contributed by atoms with Crippen molar-refractivity contribution in [2.24, 2.45) is 0 Å². The summed E-state index contributed by atoms with van der Waals surface area (Å²) in [6.07, 6.45) is 3.38. The van der Waals surface area contributed by atoms with Crippen LogP contribution in [0.25, 0.3) is 28.7 Å². The minimum atomic E-state index is -0.446. The van der Waals surface area contributed by atoms with Gasteiger partial charge in [-0.05, 0) is 48.0 Å². The highest BCUT2D eigenvalue weighted by molar-refractivity contribution is 5.80. The number of nitro benzene ring substituents is 1. The Balaban J connectivity index is 1.88. The number of rotatable bonds is 5. The monoisotopic (exact) mass is 399 g/mol.